The molecule has 2 aliphatic rings. The Morgan fingerprint density at radius 1 is 1.50 bits per heavy atom. The van der Waals surface area contributed by atoms with Crippen molar-refractivity contribution < 1.29 is 4.79 Å². The fraction of sp³-hybridized carbons (Fsp3) is 0.692. The van der Waals surface area contributed by atoms with Crippen molar-refractivity contribution in [2.45, 2.75) is 24.8 Å². The maximum Gasteiger partial charge on any atom is 0.317 e. The fourth-order valence-corrected chi connectivity index (χ4v) is 3.92. The summed E-state index contributed by atoms with van der Waals surface area (Å²) in [5.41, 5.74) is 0.982. The van der Waals surface area contributed by atoms with E-state index in [1.807, 2.05) is 10.3 Å². The maximum absolute atomic E-state index is 11.5. The lowest BCUT2D eigenvalue weighted by molar-refractivity contribution is 0.120. The van der Waals surface area contributed by atoms with Crippen LogP contribution in [0.3, 0.4) is 0 Å². The number of aromatic nitrogens is 1. The molecule has 1 atom stereocenters. The standard InChI is InChI=1S/C13H19ClN4OS/c14-6-10-9-20-12(16-10)2-1-3-17-4-5-18-11(8-17)7-15-13(18)19/h9,11H,1-8H2,(H,15,19). The van der Waals surface area contributed by atoms with Crippen molar-refractivity contribution in [3.63, 3.8) is 0 Å². The monoisotopic (exact) mass is 314 g/mol. The number of carbonyl (C=O) groups is 1. The van der Waals surface area contributed by atoms with E-state index in [0.29, 0.717) is 11.9 Å². The molecule has 20 heavy (non-hydrogen) atoms. The summed E-state index contributed by atoms with van der Waals surface area (Å²) < 4.78 is 0. The van der Waals surface area contributed by atoms with Gasteiger partial charge in [-0.3, -0.25) is 4.90 Å². The van der Waals surface area contributed by atoms with E-state index in [4.69, 9.17) is 11.6 Å². The molecule has 7 heteroatoms. The number of carbonyl (C=O) groups excluding carboxylic acids is 1. The number of nitrogens with one attached hydrogen (secondary N) is 1. The number of amides is 2. The van der Waals surface area contributed by atoms with Gasteiger partial charge in [0.1, 0.15) is 0 Å². The third kappa shape index (κ3) is 3.07. The molecule has 0 spiro atoms. The molecule has 0 radical (unpaired) electrons. The molecule has 3 rings (SSSR count). The van der Waals surface area contributed by atoms with Crippen LogP contribution in [0.15, 0.2) is 5.38 Å². The van der Waals surface area contributed by atoms with Crippen molar-refractivity contribution in [2.24, 2.45) is 0 Å². The van der Waals surface area contributed by atoms with Gasteiger partial charge in [-0.25, -0.2) is 9.78 Å². The normalized spacial score (nSPS) is 22.9. The fourth-order valence-electron chi connectivity index (χ4n) is 2.85. The molecule has 110 valence electrons. The zero-order valence-electron chi connectivity index (χ0n) is 11.3. The molecule has 0 aromatic carbocycles. The Labute approximate surface area is 127 Å². The second-order valence-corrected chi connectivity index (χ2v) is 6.51. The number of piperazine rings is 1. The van der Waals surface area contributed by atoms with Crippen LogP contribution in [0.5, 0.6) is 0 Å². The minimum atomic E-state index is 0.103. The van der Waals surface area contributed by atoms with Gasteiger partial charge in [0.15, 0.2) is 0 Å². The first-order chi connectivity index (χ1) is 9.76. The molecule has 1 N–H and O–H groups in total. The first kappa shape index (κ1) is 14.1. The highest BCUT2D eigenvalue weighted by Gasteiger charge is 2.34. The zero-order valence-corrected chi connectivity index (χ0v) is 12.9. The summed E-state index contributed by atoms with van der Waals surface area (Å²) in [6, 6.07) is 0.463. The molecule has 2 aliphatic heterocycles. The topological polar surface area (TPSA) is 48.5 Å². The Balaban J connectivity index is 1.42. The van der Waals surface area contributed by atoms with E-state index in [-0.39, 0.29) is 6.03 Å². The number of fused-ring (bicyclic) bond motifs is 1. The Morgan fingerprint density at radius 2 is 2.40 bits per heavy atom. The third-order valence-electron chi connectivity index (χ3n) is 3.92. The average Bonchev–Trinajstić information content (AvgIpc) is 3.06. The predicted molar refractivity (Wildman–Crippen MR) is 80.3 cm³/mol. The molecule has 0 bridgehead atoms. The molecule has 5 nitrogen and oxygen atoms in total. The van der Waals surface area contributed by atoms with Crippen molar-refractivity contribution in [3.8, 4) is 0 Å². The predicted octanol–water partition coefficient (Wildman–Crippen LogP) is 1.52. The number of alkyl halides is 1. The molecule has 0 saturated carbocycles. The number of thiazole rings is 1. The quantitative estimate of drug-likeness (QED) is 0.838. The van der Waals surface area contributed by atoms with Crippen LogP contribution in [-0.2, 0) is 12.3 Å². The van der Waals surface area contributed by atoms with Gasteiger partial charge >= 0.3 is 6.03 Å². The minimum absolute atomic E-state index is 0.103. The summed E-state index contributed by atoms with van der Waals surface area (Å²) in [6.07, 6.45) is 2.13. The highest BCUT2D eigenvalue weighted by Crippen LogP contribution is 2.16. The van der Waals surface area contributed by atoms with Gasteiger partial charge in [-0.1, -0.05) is 0 Å². The number of rotatable bonds is 5. The van der Waals surface area contributed by atoms with E-state index >= 15 is 0 Å². The maximum atomic E-state index is 11.5. The van der Waals surface area contributed by atoms with Gasteiger partial charge in [-0.05, 0) is 13.0 Å². The Bertz CT molecular complexity index is 481. The molecule has 1 aromatic rings. The number of hydrogen-bond donors (Lipinski definition) is 1. The zero-order chi connectivity index (χ0) is 13.9. The summed E-state index contributed by atoms with van der Waals surface area (Å²) in [5, 5.41) is 6.13. The molecule has 3 heterocycles. The van der Waals surface area contributed by atoms with Crippen LogP contribution < -0.4 is 5.32 Å². The number of aryl methyl sites for hydroxylation is 1. The van der Waals surface area contributed by atoms with Gasteiger partial charge in [0.05, 0.1) is 22.6 Å². The summed E-state index contributed by atoms with van der Waals surface area (Å²) in [5.74, 6) is 0.501. The van der Waals surface area contributed by atoms with Crippen molar-refractivity contribution >= 4 is 29.0 Å². The number of hydrogen-bond acceptors (Lipinski definition) is 4. The molecule has 2 saturated heterocycles. The lowest BCUT2D eigenvalue weighted by Gasteiger charge is -2.36. The van der Waals surface area contributed by atoms with E-state index < -0.39 is 0 Å². The first-order valence-electron chi connectivity index (χ1n) is 7.02. The molecule has 1 unspecified atom stereocenters. The van der Waals surface area contributed by atoms with E-state index in [2.05, 4.69) is 15.2 Å². The van der Waals surface area contributed by atoms with Crippen molar-refractivity contribution in [2.75, 3.05) is 32.7 Å². The van der Waals surface area contributed by atoms with Crippen LogP contribution in [-0.4, -0.2) is 59.6 Å². The van der Waals surface area contributed by atoms with Crippen molar-refractivity contribution in [1.82, 2.24) is 20.1 Å². The number of nitrogens with zero attached hydrogens (tertiary/aromatic N) is 3. The van der Waals surface area contributed by atoms with Crippen LogP contribution in [0, 0.1) is 0 Å². The summed E-state index contributed by atoms with van der Waals surface area (Å²) >= 11 is 7.46. The smallest absolute Gasteiger partial charge is 0.317 e. The SMILES string of the molecule is O=C1NCC2CN(CCCc3nc(CCl)cs3)CCN12. The molecule has 0 aliphatic carbocycles. The largest absolute Gasteiger partial charge is 0.336 e. The van der Waals surface area contributed by atoms with Gasteiger partial charge in [0.25, 0.3) is 0 Å². The van der Waals surface area contributed by atoms with Crippen molar-refractivity contribution in [1.29, 1.82) is 0 Å². The van der Waals surface area contributed by atoms with Crippen LogP contribution in [0.1, 0.15) is 17.1 Å². The van der Waals surface area contributed by atoms with Crippen LogP contribution in [0.25, 0.3) is 0 Å². The molecule has 1 aromatic heterocycles. The Morgan fingerprint density at radius 3 is 3.20 bits per heavy atom. The van der Waals surface area contributed by atoms with E-state index in [1.165, 1.54) is 5.01 Å². The lowest BCUT2D eigenvalue weighted by atomic mass is 10.2. The van der Waals surface area contributed by atoms with Gasteiger partial charge < -0.3 is 10.2 Å². The second kappa shape index (κ2) is 6.28. The van der Waals surface area contributed by atoms with Gasteiger partial charge in [-0.15, -0.1) is 22.9 Å². The molecule has 2 fully saturated rings. The van der Waals surface area contributed by atoms with E-state index in [9.17, 15) is 4.79 Å². The molecular formula is C13H19ClN4OS. The molecule has 2 amide bonds. The van der Waals surface area contributed by atoms with E-state index in [0.717, 1.165) is 51.3 Å². The summed E-state index contributed by atoms with van der Waals surface area (Å²) in [7, 11) is 0. The average molecular weight is 315 g/mol. The Kier molecular flexibility index (Phi) is 4.43. The first-order valence-corrected chi connectivity index (χ1v) is 8.44. The van der Waals surface area contributed by atoms with Crippen LogP contribution in [0.4, 0.5) is 4.79 Å². The van der Waals surface area contributed by atoms with Gasteiger partial charge in [-0.2, -0.15) is 0 Å². The Hall–Kier alpha value is -0.850. The minimum Gasteiger partial charge on any atom is -0.336 e. The molecular weight excluding hydrogens is 296 g/mol. The van der Waals surface area contributed by atoms with Crippen LogP contribution in [0.2, 0.25) is 0 Å². The number of halogens is 1. The van der Waals surface area contributed by atoms with Crippen LogP contribution >= 0.6 is 22.9 Å². The van der Waals surface area contributed by atoms with Crippen molar-refractivity contribution in [3.05, 3.63) is 16.1 Å². The van der Waals surface area contributed by atoms with Gasteiger partial charge in [0, 0.05) is 38.0 Å². The third-order valence-corrected chi connectivity index (χ3v) is 5.15. The lowest BCUT2D eigenvalue weighted by Crippen LogP contribution is -2.52. The number of urea groups is 1. The summed E-state index contributed by atoms with van der Waals surface area (Å²) in [6.45, 7) is 4.69. The van der Waals surface area contributed by atoms with E-state index in [1.54, 1.807) is 11.3 Å². The highest BCUT2D eigenvalue weighted by molar-refractivity contribution is 7.09. The summed E-state index contributed by atoms with van der Waals surface area (Å²) in [4.78, 5) is 20.4. The highest BCUT2D eigenvalue weighted by atomic mass is 35.5. The second-order valence-electron chi connectivity index (χ2n) is 5.30. The van der Waals surface area contributed by atoms with Gasteiger partial charge in [0.2, 0.25) is 0 Å².